The van der Waals surface area contributed by atoms with Crippen LogP contribution in [0.4, 0.5) is 13.2 Å². The second-order valence-corrected chi connectivity index (χ2v) is 4.14. The number of furan rings is 1. The normalized spacial score (nSPS) is 15.0. The molecule has 1 unspecified atom stereocenters. The summed E-state index contributed by atoms with van der Waals surface area (Å²) in [6.45, 7) is -1.01. The Balaban J connectivity index is 2.30. The average molecular weight is 281 g/mol. The van der Waals surface area contributed by atoms with Gasteiger partial charge in [0.25, 0.3) is 0 Å². The number of carbonyl (C=O) groups excluding carboxylic acids is 1. The Labute approximate surface area is 107 Å². The van der Waals surface area contributed by atoms with Gasteiger partial charge in [-0.2, -0.15) is 13.2 Å². The van der Waals surface area contributed by atoms with Gasteiger partial charge in [0, 0.05) is 0 Å². The number of aliphatic hydroxyl groups is 1. The quantitative estimate of drug-likeness (QED) is 0.821. The lowest BCUT2D eigenvalue weighted by molar-refractivity contribution is -0.175. The van der Waals surface area contributed by atoms with Gasteiger partial charge in [-0.15, -0.1) is 0 Å². The van der Waals surface area contributed by atoms with E-state index in [-0.39, 0.29) is 12.3 Å². The van der Waals surface area contributed by atoms with Gasteiger partial charge in [-0.25, -0.2) is 0 Å². The van der Waals surface area contributed by atoms with E-state index in [0.29, 0.717) is 0 Å². The molecule has 8 heteroatoms. The first kappa shape index (κ1) is 15.5. The van der Waals surface area contributed by atoms with Crippen LogP contribution in [0.3, 0.4) is 0 Å². The lowest BCUT2D eigenvalue weighted by atomic mass is 10.0. The zero-order valence-corrected chi connectivity index (χ0v) is 10.2. The van der Waals surface area contributed by atoms with Crippen LogP contribution in [0.15, 0.2) is 22.8 Å². The summed E-state index contributed by atoms with van der Waals surface area (Å²) >= 11 is 0. The summed E-state index contributed by atoms with van der Waals surface area (Å²) in [5.41, 5.74) is -1.44. The summed E-state index contributed by atoms with van der Waals surface area (Å²) in [7, 11) is 0. The monoisotopic (exact) mass is 281 g/mol. The molecule has 0 radical (unpaired) electrons. The molecule has 0 aliphatic heterocycles. The number of rotatable bonds is 6. The van der Waals surface area contributed by atoms with Crippen LogP contribution in [-0.4, -0.2) is 36.9 Å². The van der Waals surface area contributed by atoms with Crippen LogP contribution < -0.4 is 5.32 Å². The largest absolute Gasteiger partial charge is 0.466 e. The van der Waals surface area contributed by atoms with Gasteiger partial charge < -0.3 is 19.6 Å². The Morgan fingerprint density at radius 1 is 1.53 bits per heavy atom. The minimum absolute atomic E-state index is 0.200. The SMILES string of the molecule is CC(O)(CNC(=O)COCC(F)(F)F)c1ccco1. The van der Waals surface area contributed by atoms with E-state index in [0.717, 1.165) is 0 Å². The number of hydrogen-bond acceptors (Lipinski definition) is 4. The number of nitrogens with one attached hydrogen (secondary N) is 1. The number of ether oxygens (including phenoxy) is 1. The maximum Gasteiger partial charge on any atom is 0.411 e. The van der Waals surface area contributed by atoms with Crippen LogP contribution in [0.2, 0.25) is 0 Å². The molecule has 1 aromatic rings. The lowest BCUT2D eigenvalue weighted by Crippen LogP contribution is -2.40. The van der Waals surface area contributed by atoms with E-state index in [2.05, 4.69) is 10.1 Å². The third-order valence-corrected chi connectivity index (χ3v) is 2.18. The molecule has 0 bridgehead atoms. The first-order valence-electron chi connectivity index (χ1n) is 5.38. The minimum atomic E-state index is -4.47. The highest BCUT2D eigenvalue weighted by molar-refractivity contribution is 5.77. The van der Waals surface area contributed by atoms with Gasteiger partial charge in [0.2, 0.25) is 5.91 Å². The third kappa shape index (κ3) is 5.75. The molecule has 2 N–H and O–H groups in total. The molecule has 0 aliphatic carbocycles. The number of hydrogen-bond donors (Lipinski definition) is 2. The molecule has 0 spiro atoms. The number of halogens is 3. The zero-order chi connectivity index (χ0) is 14.5. The summed E-state index contributed by atoms with van der Waals surface area (Å²) in [6, 6.07) is 3.09. The molecule has 0 fully saturated rings. The lowest BCUT2D eigenvalue weighted by Gasteiger charge is -2.21. The predicted octanol–water partition coefficient (Wildman–Crippen LogP) is 1.18. The van der Waals surface area contributed by atoms with E-state index < -0.39 is 30.9 Å². The van der Waals surface area contributed by atoms with Crippen molar-refractivity contribution < 1.29 is 32.2 Å². The fourth-order valence-corrected chi connectivity index (χ4v) is 1.25. The van der Waals surface area contributed by atoms with Crippen LogP contribution in [0.5, 0.6) is 0 Å². The maximum absolute atomic E-state index is 11.8. The van der Waals surface area contributed by atoms with Crippen LogP contribution >= 0.6 is 0 Å². The second-order valence-electron chi connectivity index (χ2n) is 4.14. The Morgan fingerprint density at radius 3 is 2.74 bits per heavy atom. The smallest absolute Gasteiger partial charge is 0.411 e. The molecule has 1 atom stereocenters. The fraction of sp³-hybridized carbons (Fsp3) is 0.545. The summed E-state index contributed by atoms with van der Waals surface area (Å²) in [4.78, 5) is 11.2. The van der Waals surface area contributed by atoms with Gasteiger partial charge in [-0.05, 0) is 19.1 Å². The van der Waals surface area contributed by atoms with Crippen molar-refractivity contribution in [3.63, 3.8) is 0 Å². The molecule has 1 heterocycles. The summed E-state index contributed by atoms with van der Waals surface area (Å²) in [5.74, 6) is -0.514. The molecule has 108 valence electrons. The summed E-state index contributed by atoms with van der Waals surface area (Å²) in [5, 5.41) is 12.2. The van der Waals surface area contributed by atoms with Crippen molar-refractivity contribution in [2.24, 2.45) is 0 Å². The fourth-order valence-electron chi connectivity index (χ4n) is 1.25. The topological polar surface area (TPSA) is 71.7 Å². The molecule has 0 saturated carbocycles. The molecular formula is C11H14F3NO4. The van der Waals surface area contributed by atoms with E-state index in [9.17, 15) is 23.1 Å². The van der Waals surface area contributed by atoms with Gasteiger partial charge in [0.15, 0.2) is 0 Å². The molecule has 1 amide bonds. The van der Waals surface area contributed by atoms with Crippen molar-refractivity contribution in [1.82, 2.24) is 5.32 Å². The Bertz CT molecular complexity index is 401. The Kier molecular flexibility index (Phi) is 4.96. The first-order valence-corrected chi connectivity index (χ1v) is 5.38. The predicted molar refractivity (Wildman–Crippen MR) is 58.2 cm³/mol. The van der Waals surface area contributed by atoms with Crippen LogP contribution in [0, 0.1) is 0 Å². The van der Waals surface area contributed by atoms with Crippen molar-refractivity contribution in [3.05, 3.63) is 24.2 Å². The van der Waals surface area contributed by atoms with E-state index >= 15 is 0 Å². The highest BCUT2D eigenvalue weighted by Gasteiger charge is 2.29. The first-order chi connectivity index (χ1) is 8.71. The van der Waals surface area contributed by atoms with Crippen LogP contribution in [-0.2, 0) is 15.1 Å². The van der Waals surface area contributed by atoms with Crippen molar-refractivity contribution >= 4 is 5.91 Å². The van der Waals surface area contributed by atoms with E-state index in [1.54, 1.807) is 6.07 Å². The molecule has 5 nitrogen and oxygen atoms in total. The van der Waals surface area contributed by atoms with Gasteiger partial charge in [-0.3, -0.25) is 4.79 Å². The van der Waals surface area contributed by atoms with E-state index in [1.165, 1.54) is 19.3 Å². The highest BCUT2D eigenvalue weighted by atomic mass is 19.4. The summed E-state index contributed by atoms with van der Waals surface area (Å²) in [6.07, 6.45) is -3.11. The summed E-state index contributed by atoms with van der Waals surface area (Å²) < 4.78 is 44.4. The average Bonchev–Trinajstić information content (AvgIpc) is 2.78. The molecule has 1 aromatic heterocycles. The number of carbonyl (C=O) groups is 1. The maximum atomic E-state index is 11.8. The molecule has 0 aliphatic rings. The van der Waals surface area contributed by atoms with E-state index in [1.807, 2.05) is 0 Å². The molecular weight excluding hydrogens is 267 g/mol. The van der Waals surface area contributed by atoms with E-state index in [4.69, 9.17) is 4.42 Å². The Morgan fingerprint density at radius 2 is 2.21 bits per heavy atom. The van der Waals surface area contributed by atoms with Crippen molar-refractivity contribution in [1.29, 1.82) is 0 Å². The standard InChI is InChI=1S/C11H14F3NO4/c1-10(17,8-3-2-4-19-8)6-15-9(16)5-18-7-11(12,13)14/h2-4,17H,5-7H2,1H3,(H,15,16). The number of alkyl halides is 3. The van der Waals surface area contributed by atoms with Gasteiger partial charge in [0.05, 0.1) is 12.8 Å². The Hall–Kier alpha value is -1.54. The van der Waals surface area contributed by atoms with Crippen molar-refractivity contribution in [3.8, 4) is 0 Å². The highest BCUT2D eigenvalue weighted by Crippen LogP contribution is 2.19. The molecule has 0 saturated heterocycles. The van der Waals surface area contributed by atoms with Crippen molar-refractivity contribution in [2.75, 3.05) is 19.8 Å². The zero-order valence-electron chi connectivity index (χ0n) is 10.2. The van der Waals surface area contributed by atoms with Crippen molar-refractivity contribution in [2.45, 2.75) is 18.7 Å². The molecule has 1 rings (SSSR count). The minimum Gasteiger partial charge on any atom is -0.466 e. The van der Waals surface area contributed by atoms with Crippen LogP contribution in [0.1, 0.15) is 12.7 Å². The van der Waals surface area contributed by atoms with Gasteiger partial charge >= 0.3 is 6.18 Å². The molecule has 19 heavy (non-hydrogen) atoms. The second kappa shape index (κ2) is 6.07. The van der Waals surface area contributed by atoms with Crippen LogP contribution in [0.25, 0.3) is 0 Å². The van der Waals surface area contributed by atoms with Gasteiger partial charge in [0.1, 0.15) is 24.6 Å². The molecule has 0 aromatic carbocycles. The number of amides is 1. The van der Waals surface area contributed by atoms with Gasteiger partial charge in [-0.1, -0.05) is 0 Å². The third-order valence-electron chi connectivity index (χ3n) is 2.18.